The Kier molecular flexibility index (Phi) is 16.5. The molecule has 0 spiro atoms. The number of ether oxygens (including phenoxy) is 2. The normalized spacial score (nSPS) is 42.5. The van der Waals surface area contributed by atoms with Gasteiger partial charge in [-0.15, -0.1) is 0 Å². The van der Waals surface area contributed by atoms with Crippen molar-refractivity contribution in [3.63, 3.8) is 0 Å². The Balaban J connectivity index is 0.691. The van der Waals surface area contributed by atoms with Crippen LogP contribution in [0.2, 0.25) is 0 Å². The smallest absolute Gasteiger partial charge is 0.0700 e. The van der Waals surface area contributed by atoms with E-state index < -0.39 is 0 Å². The number of hydrogen-bond donors (Lipinski definition) is 0. The molecule has 6 saturated carbocycles. The van der Waals surface area contributed by atoms with E-state index in [1.165, 1.54) is 167 Å². The number of fused-ring (bicyclic) bond motifs is 10. The van der Waals surface area contributed by atoms with Crippen LogP contribution in [0.3, 0.4) is 0 Å². The first-order valence-electron chi connectivity index (χ1n) is 29.2. The second-order valence-corrected chi connectivity index (χ2v) is 27.3. The highest BCUT2D eigenvalue weighted by atomic mass is 16.5. The lowest BCUT2D eigenvalue weighted by molar-refractivity contribution is -0.0532. The average Bonchev–Trinajstić information content (AvgIpc) is 3.81. The van der Waals surface area contributed by atoms with Crippen LogP contribution in [0.15, 0.2) is 23.3 Å². The molecule has 8 aliphatic carbocycles. The van der Waals surface area contributed by atoms with Crippen LogP contribution in [0.25, 0.3) is 0 Å². The fourth-order valence-corrected chi connectivity index (χ4v) is 19.3. The van der Waals surface area contributed by atoms with Crippen LogP contribution in [-0.4, -0.2) is 26.4 Å². The molecular weight excluding hydrogens is 777 g/mol. The van der Waals surface area contributed by atoms with Crippen molar-refractivity contribution in [3.05, 3.63) is 23.3 Å². The van der Waals surface area contributed by atoms with Gasteiger partial charge in [0.2, 0.25) is 0 Å². The Labute approximate surface area is 398 Å². The van der Waals surface area contributed by atoms with Gasteiger partial charge >= 0.3 is 0 Å². The minimum Gasteiger partial charge on any atom is -0.379 e. The predicted molar refractivity (Wildman–Crippen MR) is 273 cm³/mol. The van der Waals surface area contributed by atoms with Gasteiger partial charge in [0.1, 0.15) is 0 Å². The van der Waals surface area contributed by atoms with E-state index in [-0.39, 0.29) is 0 Å². The lowest BCUT2D eigenvalue weighted by Crippen LogP contribution is -2.50. The molecule has 0 N–H and O–H groups in total. The molecule has 366 valence electrons. The molecule has 0 radical (unpaired) electrons. The maximum absolute atomic E-state index is 6.16. The van der Waals surface area contributed by atoms with Crippen LogP contribution in [0.4, 0.5) is 0 Å². The van der Waals surface area contributed by atoms with Crippen LogP contribution < -0.4 is 0 Å². The molecule has 0 aliphatic heterocycles. The first-order chi connectivity index (χ1) is 30.7. The highest BCUT2D eigenvalue weighted by Gasteiger charge is 2.61. The van der Waals surface area contributed by atoms with E-state index >= 15 is 0 Å². The summed E-state index contributed by atoms with van der Waals surface area (Å²) in [6.07, 6.45) is 42.7. The summed E-state index contributed by atoms with van der Waals surface area (Å²) in [5.74, 6) is 12.9. The van der Waals surface area contributed by atoms with E-state index in [0.29, 0.717) is 21.7 Å². The van der Waals surface area contributed by atoms with Crippen molar-refractivity contribution in [1.82, 2.24) is 0 Å². The fourth-order valence-electron chi connectivity index (χ4n) is 19.3. The van der Waals surface area contributed by atoms with Gasteiger partial charge in [0, 0.05) is 13.2 Å². The summed E-state index contributed by atoms with van der Waals surface area (Å²) >= 11 is 0. The molecule has 0 aromatic carbocycles. The first-order valence-corrected chi connectivity index (χ1v) is 29.2. The number of allylic oxidation sites excluding steroid dienone is 4. The van der Waals surface area contributed by atoms with Gasteiger partial charge in [0.15, 0.2) is 0 Å². The summed E-state index contributed by atoms with van der Waals surface area (Å²) in [5, 5.41) is 0. The summed E-state index contributed by atoms with van der Waals surface area (Å²) in [4.78, 5) is 0. The van der Waals surface area contributed by atoms with Crippen molar-refractivity contribution in [2.45, 2.75) is 236 Å². The minimum absolute atomic E-state index is 0.479. The van der Waals surface area contributed by atoms with E-state index in [2.05, 4.69) is 81.4 Å². The molecule has 8 aliphatic rings. The van der Waals surface area contributed by atoms with Gasteiger partial charge in [-0.05, 0) is 233 Å². The predicted octanol–water partition coefficient (Wildman–Crippen LogP) is 17.9. The van der Waals surface area contributed by atoms with Gasteiger partial charge in [-0.1, -0.05) is 131 Å². The number of rotatable bonds is 21. The Morgan fingerprint density at radius 2 is 0.891 bits per heavy atom. The zero-order chi connectivity index (χ0) is 45.3. The summed E-state index contributed by atoms with van der Waals surface area (Å²) in [5.41, 5.74) is 5.90. The molecule has 0 amide bonds. The van der Waals surface area contributed by atoms with Crippen molar-refractivity contribution in [3.8, 4) is 0 Å². The minimum atomic E-state index is 0.479. The second-order valence-electron chi connectivity index (χ2n) is 27.3. The average molecular weight is 884 g/mol. The summed E-state index contributed by atoms with van der Waals surface area (Å²) < 4.78 is 12.3. The molecule has 6 fully saturated rings. The van der Waals surface area contributed by atoms with Crippen molar-refractivity contribution in [1.29, 1.82) is 0 Å². The van der Waals surface area contributed by atoms with Gasteiger partial charge in [0.05, 0.1) is 13.2 Å². The highest BCUT2D eigenvalue weighted by Crippen LogP contribution is 2.69. The molecule has 0 heterocycles. The Morgan fingerprint density at radius 1 is 0.469 bits per heavy atom. The van der Waals surface area contributed by atoms with E-state index in [4.69, 9.17) is 9.47 Å². The monoisotopic (exact) mass is 883 g/mol. The SMILES string of the molecule is CC(C)CCCC(C)C1CCC2C3CC=C4CC(CCCOCCOCCCC5CCC6(C)C(=CCC7C6CCC6(C)C(C(C)CCCC(C)C)CCC76)C5)CCC4(C)C3CCC12C. The molecule has 8 rings (SSSR count). The lowest BCUT2D eigenvalue weighted by Gasteiger charge is -2.58. The maximum atomic E-state index is 6.16. The van der Waals surface area contributed by atoms with Gasteiger partial charge in [0.25, 0.3) is 0 Å². The molecule has 2 nitrogen and oxygen atoms in total. The fraction of sp³-hybridized carbons (Fsp3) is 0.935. The third kappa shape index (κ3) is 10.2. The summed E-state index contributed by atoms with van der Waals surface area (Å²) in [7, 11) is 0. The van der Waals surface area contributed by atoms with Crippen LogP contribution in [0.5, 0.6) is 0 Å². The zero-order valence-corrected chi connectivity index (χ0v) is 44.3. The molecule has 16 unspecified atom stereocenters. The van der Waals surface area contributed by atoms with E-state index in [1.54, 1.807) is 0 Å². The van der Waals surface area contributed by atoms with Crippen molar-refractivity contribution in [2.24, 2.45) is 105 Å². The number of hydrogen-bond acceptors (Lipinski definition) is 2. The van der Waals surface area contributed by atoms with Crippen LogP contribution in [0, 0.1) is 105 Å². The highest BCUT2D eigenvalue weighted by molar-refractivity contribution is 5.26. The quantitative estimate of drug-likeness (QED) is 0.0845. The van der Waals surface area contributed by atoms with Gasteiger partial charge in [-0.2, -0.15) is 0 Å². The molecule has 16 atom stereocenters. The van der Waals surface area contributed by atoms with Crippen LogP contribution in [0.1, 0.15) is 236 Å². The molecular formula is C62H106O2. The van der Waals surface area contributed by atoms with E-state index in [9.17, 15) is 0 Å². The lowest BCUT2D eigenvalue weighted by atomic mass is 9.46. The van der Waals surface area contributed by atoms with Crippen molar-refractivity contribution < 1.29 is 9.47 Å². The van der Waals surface area contributed by atoms with Crippen LogP contribution in [-0.2, 0) is 9.47 Å². The summed E-state index contributed by atoms with van der Waals surface area (Å²) in [6, 6.07) is 0. The third-order valence-corrected chi connectivity index (χ3v) is 23.0. The first kappa shape index (κ1) is 49.8. The van der Waals surface area contributed by atoms with Crippen LogP contribution >= 0.6 is 0 Å². The Hall–Kier alpha value is -0.600. The Morgan fingerprint density at radius 3 is 1.30 bits per heavy atom. The molecule has 0 saturated heterocycles. The zero-order valence-electron chi connectivity index (χ0n) is 44.3. The second kappa shape index (κ2) is 21.2. The molecule has 0 bridgehead atoms. The van der Waals surface area contributed by atoms with Gasteiger partial charge < -0.3 is 9.47 Å². The topological polar surface area (TPSA) is 18.5 Å². The van der Waals surface area contributed by atoms with Crippen molar-refractivity contribution >= 4 is 0 Å². The summed E-state index contributed by atoms with van der Waals surface area (Å²) in [6.45, 7) is 29.2. The van der Waals surface area contributed by atoms with E-state index in [1.807, 2.05) is 11.1 Å². The molecule has 2 heteroatoms. The maximum Gasteiger partial charge on any atom is 0.0700 e. The van der Waals surface area contributed by atoms with Gasteiger partial charge in [-0.25, -0.2) is 0 Å². The third-order valence-electron chi connectivity index (χ3n) is 23.0. The Bertz CT molecular complexity index is 1440. The van der Waals surface area contributed by atoms with E-state index in [0.717, 1.165) is 109 Å². The molecule has 64 heavy (non-hydrogen) atoms. The largest absolute Gasteiger partial charge is 0.379 e. The molecule has 0 aromatic rings. The molecule has 0 aromatic heterocycles. The van der Waals surface area contributed by atoms with Gasteiger partial charge in [-0.3, -0.25) is 0 Å². The standard InChI is InChI=1S/C62H106O2/c1-43(2)15-11-17-45(5)53-25-27-55-51-23-21-49-41-47(29-33-59(49,7)57(51)31-35-61(53,55)9)19-13-37-63-39-40-64-38-14-20-48-30-34-60(8)50(42-48)22-24-52-56-28-26-54(46(6)18-12-16-44(3)4)62(56,10)36-32-58(52)60/h21-22,43-48,51-58H,11-20,23-42H2,1-10H3. The van der Waals surface area contributed by atoms with Crippen molar-refractivity contribution in [2.75, 3.05) is 26.4 Å².